The molecule has 0 saturated heterocycles. The third kappa shape index (κ3) is 4.65. The quantitative estimate of drug-likeness (QED) is 0.587. The van der Waals surface area contributed by atoms with Gasteiger partial charge in [0, 0.05) is 5.92 Å². The number of carbonyl (C=O) groups is 1. The lowest BCUT2D eigenvalue weighted by molar-refractivity contribution is -0.128. The fourth-order valence-electron chi connectivity index (χ4n) is 2.01. The zero-order valence-corrected chi connectivity index (χ0v) is 11.5. The monoisotopic (exact) mass is 266 g/mol. The van der Waals surface area contributed by atoms with E-state index >= 15 is 0 Å². The van der Waals surface area contributed by atoms with Gasteiger partial charge in [0.1, 0.15) is 0 Å². The van der Waals surface area contributed by atoms with Crippen LogP contribution in [0.1, 0.15) is 43.5 Å². The molecule has 1 rings (SSSR count). The molecule has 0 aromatic heterocycles. The van der Waals surface area contributed by atoms with E-state index in [1.54, 1.807) is 30.3 Å². The first-order valence-electron chi connectivity index (χ1n) is 6.72. The molecule has 0 heterocycles. The highest BCUT2D eigenvalue weighted by Crippen LogP contribution is 2.19. The molecule has 0 bridgehead atoms. The molecular formula is C15H22O4. The average molecular weight is 266 g/mol. The lowest BCUT2D eigenvalue weighted by Crippen LogP contribution is -2.34. The van der Waals surface area contributed by atoms with Crippen LogP contribution in [0.4, 0.5) is 0 Å². The summed E-state index contributed by atoms with van der Waals surface area (Å²) in [6.45, 7) is 3.81. The van der Waals surface area contributed by atoms with E-state index in [0.717, 1.165) is 6.42 Å². The summed E-state index contributed by atoms with van der Waals surface area (Å²) in [6, 6.07) is 8.50. The molecule has 1 aromatic rings. The van der Waals surface area contributed by atoms with Crippen LogP contribution >= 0.6 is 0 Å². The summed E-state index contributed by atoms with van der Waals surface area (Å²) in [6.07, 6.45) is 0.00713. The molecule has 4 heteroatoms. The Bertz CT molecular complexity index is 377. The van der Waals surface area contributed by atoms with Crippen LogP contribution in [0.3, 0.4) is 0 Å². The van der Waals surface area contributed by atoms with Gasteiger partial charge < -0.3 is 14.9 Å². The van der Waals surface area contributed by atoms with Crippen molar-refractivity contribution in [3.63, 3.8) is 0 Å². The average Bonchev–Trinajstić information content (AvgIpc) is 2.40. The molecule has 0 spiro atoms. The van der Waals surface area contributed by atoms with Crippen molar-refractivity contribution in [2.45, 2.75) is 45.5 Å². The number of esters is 1. The van der Waals surface area contributed by atoms with Crippen LogP contribution in [0.15, 0.2) is 30.3 Å². The molecule has 0 aliphatic rings. The van der Waals surface area contributed by atoms with Gasteiger partial charge >= 0.3 is 5.97 Å². The molecule has 2 N–H and O–H groups in total. The molecular weight excluding hydrogens is 244 g/mol. The van der Waals surface area contributed by atoms with Crippen molar-refractivity contribution in [3.8, 4) is 0 Å². The Kier molecular flexibility index (Phi) is 6.53. The molecule has 19 heavy (non-hydrogen) atoms. The van der Waals surface area contributed by atoms with Crippen LogP contribution in [-0.4, -0.2) is 28.6 Å². The summed E-state index contributed by atoms with van der Waals surface area (Å²) < 4.78 is 5.01. The molecule has 0 aliphatic carbocycles. The first-order chi connectivity index (χ1) is 9.10. The Balaban J connectivity index is 2.62. The van der Waals surface area contributed by atoms with Gasteiger partial charge in [0.2, 0.25) is 6.29 Å². The molecule has 1 aromatic carbocycles. The number of hydrogen-bond acceptors (Lipinski definition) is 4. The highest BCUT2D eigenvalue weighted by atomic mass is 16.6. The molecule has 3 atom stereocenters. The number of ether oxygens (including phenoxy) is 1. The number of benzene rings is 1. The van der Waals surface area contributed by atoms with E-state index in [2.05, 4.69) is 0 Å². The Hall–Kier alpha value is -1.39. The largest absolute Gasteiger partial charge is 0.432 e. The predicted molar refractivity (Wildman–Crippen MR) is 72.6 cm³/mol. The molecule has 0 fully saturated rings. The maximum atomic E-state index is 11.8. The smallest absolute Gasteiger partial charge is 0.340 e. The number of rotatable bonds is 7. The minimum Gasteiger partial charge on any atom is -0.432 e. The van der Waals surface area contributed by atoms with Crippen LogP contribution in [0.5, 0.6) is 0 Å². The van der Waals surface area contributed by atoms with E-state index in [1.807, 2.05) is 13.8 Å². The van der Waals surface area contributed by atoms with E-state index in [1.165, 1.54) is 0 Å². The van der Waals surface area contributed by atoms with Crippen LogP contribution in [0.25, 0.3) is 0 Å². The lowest BCUT2D eigenvalue weighted by Gasteiger charge is -2.26. The zero-order chi connectivity index (χ0) is 14.3. The Morgan fingerprint density at radius 1 is 1.21 bits per heavy atom. The van der Waals surface area contributed by atoms with Crippen molar-refractivity contribution in [3.05, 3.63) is 35.9 Å². The highest BCUT2D eigenvalue weighted by molar-refractivity contribution is 5.89. The van der Waals surface area contributed by atoms with Crippen molar-refractivity contribution < 1.29 is 19.7 Å². The van der Waals surface area contributed by atoms with Crippen molar-refractivity contribution in [2.75, 3.05) is 0 Å². The third-order valence-corrected chi connectivity index (χ3v) is 3.15. The van der Waals surface area contributed by atoms with Crippen molar-refractivity contribution in [1.82, 2.24) is 0 Å². The summed E-state index contributed by atoms with van der Waals surface area (Å²) in [5.74, 6) is -1.03. The van der Waals surface area contributed by atoms with Gasteiger partial charge in [-0.25, -0.2) is 4.79 Å². The summed E-state index contributed by atoms with van der Waals surface area (Å²) >= 11 is 0. The molecule has 4 nitrogen and oxygen atoms in total. The SMILES string of the molecule is CCCC(O)C(CC)C(O)OC(=O)c1ccccc1. The minimum absolute atomic E-state index is 0.390. The summed E-state index contributed by atoms with van der Waals surface area (Å²) in [7, 11) is 0. The second-order valence-corrected chi connectivity index (χ2v) is 4.59. The Labute approximate surface area is 114 Å². The second kappa shape index (κ2) is 7.92. The van der Waals surface area contributed by atoms with Crippen LogP contribution in [0, 0.1) is 5.92 Å². The van der Waals surface area contributed by atoms with Gasteiger partial charge in [-0.3, -0.25) is 0 Å². The van der Waals surface area contributed by atoms with E-state index in [9.17, 15) is 15.0 Å². The first kappa shape index (κ1) is 15.7. The summed E-state index contributed by atoms with van der Waals surface area (Å²) in [5.41, 5.74) is 0.390. The van der Waals surface area contributed by atoms with Crippen LogP contribution < -0.4 is 0 Å². The number of hydrogen-bond donors (Lipinski definition) is 2. The molecule has 0 aliphatic heterocycles. The maximum absolute atomic E-state index is 11.8. The van der Waals surface area contributed by atoms with Crippen molar-refractivity contribution in [1.29, 1.82) is 0 Å². The third-order valence-electron chi connectivity index (χ3n) is 3.15. The highest BCUT2D eigenvalue weighted by Gasteiger charge is 2.28. The van der Waals surface area contributed by atoms with Gasteiger partial charge in [-0.05, 0) is 25.0 Å². The van der Waals surface area contributed by atoms with Crippen molar-refractivity contribution in [2.24, 2.45) is 5.92 Å². The van der Waals surface area contributed by atoms with E-state index in [0.29, 0.717) is 18.4 Å². The van der Waals surface area contributed by atoms with Gasteiger partial charge in [0.25, 0.3) is 0 Å². The molecule has 106 valence electrons. The second-order valence-electron chi connectivity index (χ2n) is 4.59. The fourth-order valence-corrected chi connectivity index (χ4v) is 2.01. The van der Waals surface area contributed by atoms with Gasteiger partial charge in [0.15, 0.2) is 0 Å². The zero-order valence-electron chi connectivity index (χ0n) is 11.5. The Morgan fingerprint density at radius 3 is 2.37 bits per heavy atom. The van der Waals surface area contributed by atoms with Crippen LogP contribution in [-0.2, 0) is 4.74 Å². The number of carbonyl (C=O) groups excluding carboxylic acids is 1. The lowest BCUT2D eigenvalue weighted by atomic mass is 9.95. The van der Waals surface area contributed by atoms with Gasteiger partial charge in [-0.15, -0.1) is 0 Å². The van der Waals surface area contributed by atoms with E-state index < -0.39 is 24.3 Å². The maximum Gasteiger partial charge on any atom is 0.340 e. The number of aliphatic hydroxyl groups is 2. The van der Waals surface area contributed by atoms with Gasteiger partial charge in [-0.1, -0.05) is 38.5 Å². The predicted octanol–water partition coefficient (Wildman–Crippen LogP) is 2.35. The van der Waals surface area contributed by atoms with Crippen molar-refractivity contribution >= 4 is 5.97 Å². The van der Waals surface area contributed by atoms with Gasteiger partial charge in [-0.2, -0.15) is 0 Å². The topological polar surface area (TPSA) is 66.8 Å². The van der Waals surface area contributed by atoms with E-state index in [4.69, 9.17) is 4.74 Å². The normalized spacial score (nSPS) is 15.6. The molecule has 0 radical (unpaired) electrons. The standard InChI is InChI=1S/C15H22O4/c1-3-8-13(16)12(4-2)15(18)19-14(17)11-9-6-5-7-10-11/h5-7,9-10,12-13,15-16,18H,3-4,8H2,1-2H3. The minimum atomic E-state index is -1.28. The summed E-state index contributed by atoms with van der Waals surface area (Å²) in [5, 5.41) is 19.8. The first-order valence-corrected chi connectivity index (χ1v) is 6.72. The van der Waals surface area contributed by atoms with E-state index in [-0.39, 0.29) is 0 Å². The summed E-state index contributed by atoms with van der Waals surface area (Å²) in [4.78, 5) is 11.8. The van der Waals surface area contributed by atoms with Gasteiger partial charge in [0.05, 0.1) is 11.7 Å². The Morgan fingerprint density at radius 2 is 1.84 bits per heavy atom. The molecule has 0 saturated carbocycles. The number of aliphatic hydroxyl groups excluding tert-OH is 2. The molecule has 0 amide bonds. The van der Waals surface area contributed by atoms with Crippen LogP contribution in [0.2, 0.25) is 0 Å². The molecule has 3 unspecified atom stereocenters. The fraction of sp³-hybridized carbons (Fsp3) is 0.533.